The van der Waals surface area contributed by atoms with Gasteiger partial charge in [0.15, 0.2) is 18.7 Å². The van der Waals surface area contributed by atoms with Crippen molar-refractivity contribution < 1.29 is 73.8 Å². The van der Waals surface area contributed by atoms with E-state index in [1.807, 2.05) is 6.08 Å². The highest BCUT2D eigenvalue weighted by atomic mass is 16.7. The van der Waals surface area contributed by atoms with Gasteiger partial charge in [0.2, 0.25) is 0 Å². The quantitative estimate of drug-likeness (QED) is 0.0225. The van der Waals surface area contributed by atoms with Crippen molar-refractivity contribution >= 4 is 11.9 Å². The van der Waals surface area contributed by atoms with Gasteiger partial charge in [-0.3, -0.25) is 9.59 Å². The largest absolute Gasteiger partial charge is 0.462 e. The number of ether oxygens (including phenoxy) is 6. The molecular formula is C48H84O15. The minimum absolute atomic E-state index is 0.0947. The van der Waals surface area contributed by atoms with Crippen LogP contribution in [0.5, 0.6) is 0 Å². The normalized spacial score (nSPS) is 27.1. The van der Waals surface area contributed by atoms with Crippen molar-refractivity contribution in [2.75, 3.05) is 26.4 Å². The number of hydrogen-bond donors (Lipinski definition) is 7. The van der Waals surface area contributed by atoms with Crippen molar-refractivity contribution in [2.24, 2.45) is 0 Å². The molecule has 2 aliphatic rings. The molecule has 63 heavy (non-hydrogen) atoms. The summed E-state index contributed by atoms with van der Waals surface area (Å²) in [6, 6.07) is 0. The van der Waals surface area contributed by atoms with Crippen LogP contribution in [0.25, 0.3) is 0 Å². The second kappa shape index (κ2) is 35.9. The van der Waals surface area contributed by atoms with Crippen molar-refractivity contribution in [3.63, 3.8) is 0 Å². The molecule has 0 radical (unpaired) electrons. The first kappa shape index (κ1) is 56.8. The summed E-state index contributed by atoms with van der Waals surface area (Å²) in [5.74, 6) is -0.987. The molecule has 0 saturated carbocycles. The van der Waals surface area contributed by atoms with Gasteiger partial charge in [0.05, 0.1) is 19.8 Å². The highest BCUT2D eigenvalue weighted by Gasteiger charge is 2.47. The second-order valence-corrected chi connectivity index (χ2v) is 16.9. The fraction of sp³-hybridized carbons (Fsp3) is 0.833. The molecule has 15 nitrogen and oxygen atoms in total. The first-order valence-electron chi connectivity index (χ1n) is 24.1. The Hall–Kier alpha value is -2.28. The fourth-order valence-electron chi connectivity index (χ4n) is 7.35. The molecule has 4 unspecified atom stereocenters. The van der Waals surface area contributed by atoms with Gasteiger partial charge >= 0.3 is 11.9 Å². The lowest BCUT2D eigenvalue weighted by atomic mass is 9.98. The number of allylic oxidation sites excluding steroid dienone is 6. The van der Waals surface area contributed by atoms with E-state index in [0.29, 0.717) is 19.3 Å². The number of rotatable bonds is 36. The molecule has 0 aromatic rings. The van der Waals surface area contributed by atoms with Gasteiger partial charge in [-0.25, -0.2) is 0 Å². The van der Waals surface area contributed by atoms with Crippen LogP contribution in [0, 0.1) is 0 Å². The van der Waals surface area contributed by atoms with Crippen LogP contribution >= 0.6 is 0 Å². The molecular weight excluding hydrogens is 817 g/mol. The molecule has 7 N–H and O–H groups in total. The Labute approximate surface area is 376 Å². The Morgan fingerprint density at radius 1 is 0.508 bits per heavy atom. The average Bonchev–Trinajstić information content (AvgIpc) is 3.28. The van der Waals surface area contributed by atoms with Gasteiger partial charge in [-0.1, -0.05) is 140 Å². The summed E-state index contributed by atoms with van der Waals surface area (Å²) < 4.78 is 33.4. The fourth-order valence-corrected chi connectivity index (χ4v) is 7.35. The van der Waals surface area contributed by atoms with Gasteiger partial charge in [0.1, 0.15) is 55.4 Å². The zero-order chi connectivity index (χ0) is 46.1. The maximum absolute atomic E-state index is 12.9. The van der Waals surface area contributed by atoms with E-state index in [-0.39, 0.29) is 19.4 Å². The van der Waals surface area contributed by atoms with Crippen LogP contribution < -0.4 is 0 Å². The van der Waals surface area contributed by atoms with Crippen LogP contribution in [-0.4, -0.2) is 142 Å². The lowest BCUT2D eigenvalue weighted by molar-refractivity contribution is -0.332. The molecule has 2 saturated heterocycles. The van der Waals surface area contributed by atoms with Crippen molar-refractivity contribution in [1.82, 2.24) is 0 Å². The first-order valence-corrected chi connectivity index (χ1v) is 24.1. The topological polar surface area (TPSA) is 231 Å². The molecule has 0 bridgehead atoms. The highest BCUT2D eigenvalue weighted by molar-refractivity contribution is 5.70. The molecule has 2 aliphatic heterocycles. The standard InChI is InChI=1S/C48H84O15/c1-3-5-7-9-11-13-15-16-17-18-19-20-21-23-25-27-29-31-40(51)61-36(33-58-39(50)30-28-26-24-22-14-12-10-8-6-4-2)34-59-47-46(57)44(55)42(53)38(63-47)35-60-48-45(56)43(54)41(52)37(32-49)62-48/h16-17,19-20,23,25,36-38,41-49,52-57H,3-15,18,21-22,24,26-35H2,1-2H3/b17-16+,20-19+,25-23+/t36-,37+,38+,41-,42-,43?,44?,45?,46?,47+,48+/m1/s1. The van der Waals surface area contributed by atoms with E-state index >= 15 is 0 Å². The average molecular weight is 901 g/mol. The molecule has 0 spiro atoms. The lowest BCUT2D eigenvalue weighted by Gasteiger charge is -2.42. The number of esters is 2. The van der Waals surface area contributed by atoms with Crippen molar-refractivity contribution in [1.29, 1.82) is 0 Å². The summed E-state index contributed by atoms with van der Waals surface area (Å²) in [5.41, 5.74) is 0. The molecule has 0 amide bonds. The number of unbranched alkanes of at least 4 members (excludes halogenated alkanes) is 16. The van der Waals surface area contributed by atoms with E-state index in [4.69, 9.17) is 28.4 Å². The maximum Gasteiger partial charge on any atom is 0.306 e. The van der Waals surface area contributed by atoms with Crippen molar-refractivity contribution in [3.05, 3.63) is 36.5 Å². The van der Waals surface area contributed by atoms with Gasteiger partial charge in [-0.2, -0.15) is 0 Å². The van der Waals surface area contributed by atoms with E-state index in [1.165, 1.54) is 77.0 Å². The third kappa shape index (κ3) is 24.7. The van der Waals surface area contributed by atoms with Crippen LogP contribution in [0.3, 0.4) is 0 Å². The van der Waals surface area contributed by atoms with Crippen molar-refractivity contribution in [3.8, 4) is 0 Å². The zero-order valence-electron chi connectivity index (χ0n) is 38.3. The number of carbonyl (C=O) groups excluding carboxylic acids is 2. The van der Waals surface area contributed by atoms with Crippen LogP contribution in [0.4, 0.5) is 0 Å². The summed E-state index contributed by atoms with van der Waals surface area (Å²) in [7, 11) is 0. The third-order valence-electron chi connectivity index (χ3n) is 11.4. The molecule has 366 valence electrons. The molecule has 11 atom stereocenters. The maximum atomic E-state index is 12.9. The van der Waals surface area contributed by atoms with Crippen LogP contribution in [0.15, 0.2) is 36.5 Å². The Bertz CT molecular complexity index is 1240. The summed E-state index contributed by atoms with van der Waals surface area (Å²) in [6.45, 7) is 2.50. The molecule has 2 heterocycles. The Morgan fingerprint density at radius 3 is 1.54 bits per heavy atom. The van der Waals surface area contributed by atoms with Crippen LogP contribution in [0.2, 0.25) is 0 Å². The molecule has 2 rings (SSSR count). The van der Waals surface area contributed by atoms with Gasteiger partial charge in [0, 0.05) is 12.8 Å². The van der Waals surface area contributed by atoms with E-state index in [2.05, 4.69) is 44.2 Å². The number of aliphatic hydroxyl groups excluding tert-OH is 7. The number of aliphatic hydroxyl groups is 7. The summed E-state index contributed by atoms with van der Waals surface area (Å²) >= 11 is 0. The first-order chi connectivity index (χ1) is 30.5. The minimum atomic E-state index is -1.77. The highest BCUT2D eigenvalue weighted by Crippen LogP contribution is 2.26. The number of hydrogen-bond acceptors (Lipinski definition) is 15. The SMILES string of the molecule is CCCCCCCC/C=C/C/C=C/C/C=C/CCCC(=O)O[C@H](COC(=O)CCCCCCCCCCCC)CO[C@H]1O[C@@H](CO[C@H]2O[C@@H](CO)[C@@H](O)C(O)C2O)[C@@H](O)C(O)C1O. The Balaban J connectivity index is 1.86. The van der Waals surface area contributed by atoms with Crippen molar-refractivity contribution in [2.45, 2.75) is 229 Å². The van der Waals surface area contributed by atoms with Crippen LogP contribution in [0.1, 0.15) is 162 Å². The molecule has 0 aliphatic carbocycles. The van der Waals surface area contributed by atoms with Crippen LogP contribution in [-0.2, 0) is 38.0 Å². The monoisotopic (exact) mass is 901 g/mol. The van der Waals surface area contributed by atoms with E-state index in [0.717, 1.165) is 38.5 Å². The number of carbonyl (C=O) groups is 2. The lowest BCUT2D eigenvalue weighted by Crippen LogP contribution is -2.61. The van der Waals surface area contributed by atoms with Gasteiger partial charge in [0.25, 0.3) is 0 Å². The zero-order valence-corrected chi connectivity index (χ0v) is 38.3. The molecule has 15 heteroatoms. The van der Waals surface area contributed by atoms with Gasteiger partial charge in [-0.15, -0.1) is 0 Å². The summed E-state index contributed by atoms with van der Waals surface area (Å²) in [4.78, 5) is 25.6. The Morgan fingerprint density at radius 2 is 0.968 bits per heavy atom. The van der Waals surface area contributed by atoms with Gasteiger partial charge < -0.3 is 64.2 Å². The Kier molecular flexibility index (Phi) is 32.4. The van der Waals surface area contributed by atoms with E-state index in [9.17, 15) is 45.3 Å². The van der Waals surface area contributed by atoms with Gasteiger partial charge in [-0.05, 0) is 44.9 Å². The smallest absolute Gasteiger partial charge is 0.306 e. The minimum Gasteiger partial charge on any atom is -0.462 e. The molecule has 0 aromatic heterocycles. The van der Waals surface area contributed by atoms with E-state index < -0.39 is 99.3 Å². The molecule has 0 aromatic carbocycles. The summed E-state index contributed by atoms with van der Waals surface area (Å²) in [6.07, 6.45) is 19.1. The molecule has 2 fully saturated rings. The van der Waals surface area contributed by atoms with E-state index in [1.54, 1.807) is 0 Å². The predicted octanol–water partition coefficient (Wildman–Crippen LogP) is 5.76. The second-order valence-electron chi connectivity index (χ2n) is 16.9. The third-order valence-corrected chi connectivity index (χ3v) is 11.4. The summed E-state index contributed by atoms with van der Waals surface area (Å²) in [5, 5.41) is 71.9. The predicted molar refractivity (Wildman–Crippen MR) is 238 cm³/mol.